The van der Waals surface area contributed by atoms with Crippen molar-refractivity contribution in [1.29, 1.82) is 0 Å². The van der Waals surface area contributed by atoms with E-state index in [1.54, 1.807) is 3.11 Å². The maximum atomic E-state index is 11.7. The summed E-state index contributed by atoms with van der Waals surface area (Å²) in [6.45, 7) is 4.12. The number of hydrogen-bond acceptors (Lipinski definition) is 1. The summed E-state index contributed by atoms with van der Waals surface area (Å²) >= 11 is 2.08. The fourth-order valence-electron chi connectivity index (χ4n) is 1.67. The van der Waals surface area contributed by atoms with Crippen LogP contribution in [0.2, 0.25) is 0 Å². The lowest BCUT2D eigenvalue weighted by Gasteiger charge is -2.26. The molecule has 1 aliphatic rings. The van der Waals surface area contributed by atoms with E-state index in [0.29, 0.717) is 0 Å². The van der Waals surface area contributed by atoms with Gasteiger partial charge in [-0.1, -0.05) is 18.2 Å². The van der Waals surface area contributed by atoms with E-state index in [4.69, 9.17) is 0 Å². The van der Waals surface area contributed by atoms with Crippen LogP contribution < -0.4 is 0 Å². The van der Waals surface area contributed by atoms with Gasteiger partial charge >= 0.3 is 0 Å². The van der Waals surface area contributed by atoms with Crippen LogP contribution in [0.3, 0.4) is 0 Å². The predicted octanol–water partition coefficient (Wildman–Crippen LogP) is 2.73. The normalized spacial score (nSPS) is 19.0. The zero-order valence-corrected chi connectivity index (χ0v) is 9.70. The number of carbonyl (C=O) groups excluding carboxylic acids is 1. The molecule has 0 spiro atoms. The molecule has 0 unspecified atom stereocenters. The van der Waals surface area contributed by atoms with Crippen molar-refractivity contribution in [2.45, 2.75) is 19.4 Å². The van der Waals surface area contributed by atoms with Crippen LogP contribution in [-0.2, 0) is 5.54 Å². The van der Waals surface area contributed by atoms with Crippen LogP contribution in [0.15, 0.2) is 24.3 Å². The second-order valence-corrected chi connectivity index (χ2v) is 4.66. The second kappa shape index (κ2) is 2.70. The number of amides is 1. The zero-order chi connectivity index (χ0) is 9.64. The first-order chi connectivity index (χ1) is 6.05. The van der Waals surface area contributed by atoms with Crippen molar-refractivity contribution >= 4 is 28.8 Å². The number of benzene rings is 1. The van der Waals surface area contributed by atoms with Crippen LogP contribution in [0.25, 0.3) is 0 Å². The summed E-state index contributed by atoms with van der Waals surface area (Å²) in [5.74, 6) is 0.112. The minimum atomic E-state index is -0.172. The van der Waals surface area contributed by atoms with E-state index in [2.05, 4.69) is 36.7 Å². The number of halogens is 1. The molecule has 0 saturated carbocycles. The highest BCUT2D eigenvalue weighted by molar-refractivity contribution is 14.1. The molecule has 1 amide bonds. The van der Waals surface area contributed by atoms with E-state index in [9.17, 15) is 4.79 Å². The first-order valence-corrected chi connectivity index (χ1v) is 5.11. The molecule has 0 aromatic heterocycles. The maximum Gasteiger partial charge on any atom is 0.263 e. The molecule has 1 aliphatic heterocycles. The molecule has 3 heteroatoms. The first-order valence-electron chi connectivity index (χ1n) is 4.15. The maximum absolute atomic E-state index is 11.7. The van der Waals surface area contributed by atoms with Crippen LogP contribution in [-0.4, -0.2) is 9.02 Å². The monoisotopic (exact) mass is 287 g/mol. The Kier molecular flexibility index (Phi) is 1.87. The van der Waals surface area contributed by atoms with Crippen LogP contribution in [0.5, 0.6) is 0 Å². The van der Waals surface area contributed by atoms with Crippen molar-refractivity contribution in [2.75, 3.05) is 0 Å². The molecule has 1 aromatic rings. The fourth-order valence-corrected chi connectivity index (χ4v) is 2.19. The van der Waals surface area contributed by atoms with Gasteiger partial charge < -0.3 is 0 Å². The standard InChI is InChI=1S/C10H10INO/c1-10(2)8-6-4-3-5-7(8)9(13)12(10)11/h3-6H,1-2H3. The van der Waals surface area contributed by atoms with Gasteiger partial charge in [-0.25, -0.2) is 0 Å². The Labute approximate surface area is 91.4 Å². The van der Waals surface area contributed by atoms with Gasteiger partial charge in [0.2, 0.25) is 0 Å². The van der Waals surface area contributed by atoms with Gasteiger partial charge in [-0.15, -0.1) is 0 Å². The van der Waals surface area contributed by atoms with Crippen molar-refractivity contribution < 1.29 is 4.79 Å². The molecule has 13 heavy (non-hydrogen) atoms. The Morgan fingerprint density at radius 2 is 1.92 bits per heavy atom. The summed E-state index contributed by atoms with van der Waals surface area (Å²) in [4.78, 5) is 11.7. The second-order valence-electron chi connectivity index (χ2n) is 3.69. The highest BCUT2D eigenvalue weighted by Gasteiger charge is 2.41. The zero-order valence-electron chi connectivity index (χ0n) is 7.54. The van der Waals surface area contributed by atoms with Crippen LogP contribution in [0.4, 0.5) is 0 Å². The quantitative estimate of drug-likeness (QED) is 0.530. The molecular weight excluding hydrogens is 277 g/mol. The molecule has 0 radical (unpaired) electrons. The molecule has 0 fully saturated rings. The fraction of sp³-hybridized carbons (Fsp3) is 0.300. The Morgan fingerprint density at radius 1 is 1.31 bits per heavy atom. The highest BCUT2D eigenvalue weighted by Crippen LogP contribution is 2.40. The third-order valence-corrected chi connectivity index (χ3v) is 4.13. The van der Waals surface area contributed by atoms with Crippen LogP contribution >= 0.6 is 22.9 Å². The molecule has 0 atom stereocenters. The molecular formula is C10H10INO. The van der Waals surface area contributed by atoms with E-state index in [1.807, 2.05) is 24.3 Å². The van der Waals surface area contributed by atoms with Gasteiger partial charge in [0.05, 0.1) is 28.4 Å². The van der Waals surface area contributed by atoms with E-state index < -0.39 is 0 Å². The smallest absolute Gasteiger partial charge is 0.263 e. The van der Waals surface area contributed by atoms with Crippen molar-refractivity contribution in [2.24, 2.45) is 0 Å². The van der Waals surface area contributed by atoms with Gasteiger partial charge in [-0.3, -0.25) is 7.91 Å². The lowest BCUT2D eigenvalue weighted by atomic mass is 9.95. The first kappa shape index (κ1) is 8.99. The topological polar surface area (TPSA) is 20.3 Å². The highest BCUT2D eigenvalue weighted by atomic mass is 127. The Hall–Kier alpha value is -0.580. The van der Waals surface area contributed by atoms with Crippen LogP contribution in [0, 0.1) is 0 Å². The molecule has 0 bridgehead atoms. The van der Waals surface area contributed by atoms with E-state index in [0.717, 1.165) is 11.1 Å². The molecule has 0 N–H and O–H groups in total. The van der Waals surface area contributed by atoms with Gasteiger partial charge in [-0.2, -0.15) is 0 Å². The largest absolute Gasteiger partial charge is 0.271 e. The third kappa shape index (κ3) is 1.10. The molecule has 68 valence electrons. The van der Waals surface area contributed by atoms with Crippen molar-refractivity contribution in [1.82, 2.24) is 3.11 Å². The minimum Gasteiger partial charge on any atom is -0.271 e. The Morgan fingerprint density at radius 3 is 2.54 bits per heavy atom. The third-order valence-electron chi connectivity index (χ3n) is 2.49. The molecule has 0 aliphatic carbocycles. The average Bonchev–Trinajstić information content (AvgIpc) is 2.30. The van der Waals surface area contributed by atoms with E-state index in [1.165, 1.54) is 0 Å². The van der Waals surface area contributed by atoms with Gasteiger partial charge in [0, 0.05) is 5.56 Å². The molecule has 2 rings (SSSR count). The Balaban J connectivity index is 2.68. The van der Waals surface area contributed by atoms with Crippen molar-refractivity contribution in [3.8, 4) is 0 Å². The SMILES string of the molecule is CC1(C)c2ccccc2C(=O)N1I. The molecule has 2 nitrogen and oxygen atoms in total. The summed E-state index contributed by atoms with van der Waals surface area (Å²) < 4.78 is 1.76. The Bertz CT molecular complexity index is 373. The van der Waals surface area contributed by atoms with Gasteiger partial charge in [0.25, 0.3) is 5.91 Å². The van der Waals surface area contributed by atoms with Crippen molar-refractivity contribution in [3.05, 3.63) is 35.4 Å². The number of fused-ring (bicyclic) bond motifs is 1. The van der Waals surface area contributed by atoms with Gasteiger partial charge in [-0.05, 0) is 25.5 Å². The summed E-state index contributed by atoms with van der Waals surface area (Å²) in [6, 6.07) is 7.79. The number of nitrogens with zero attached hydrogens (tertiary/aromatic N) is 1. The number of hydrogen-bond donors (Lipinski definition) is 0. The summed E-state index contributed by atoms with van der Waals surface area (Å²) in [6.07, 6.45) is 0. The average molecular weight is 287 g/mol. The molecule has 1 aromatic carbocycles. The minimum absolute atomic E-state index is 0.112. The summed E-state index contributed by atoms with van der Waals surface area (Å²) in [5.41, 5.74) is 1.78. The van der Waals surface area contributed by atoms with Gasteiger partial charge in [0.15, 0.2) is 0 Å². The van der Waals surface area contributed by atoms with Crippen molar-refractivity contribution in [3.63, 3.8) is 0 Å². The number of carbonyl (C=O) groups is 1. The lowest BCUT2D eigenvalue weighted by molar-refractivity contribution is 0.0847. The summed E-state index contributed by atoms with van der Waals surface area (Å²) in [5, 5.41) is 0. The van der Waals surface area contributed by atoms with Gasteiger partial charge in [0.1, 0.15) is 0 Å². The molecule has 0 saturated heterocycles. The summed E-state index contributed by atoms with van der Waals surface area (Å²) in [7, 11) is 0. The lowest BCUT2D eigenvalue weighted by Crippen LogP contribution is -2.30. The van der Waals surface area contributed by atoms with E-state index in [-0.39, 0.29) is 11.4 Å². The predicted molar refractivity (Wildman–Crippen MR) is 59.7 cm³/mol. The van der Waals surface area contributed by atoms with Crippen LogP contribution in [0.1, 0.15) is 29.8 Å². The number of rotatable bonds is 0. The van der Waals surface area contributed by atoms with E-state index >= 15 is 0 Å². The molecule has 1 heterocycles.